The molecule has 0 aromatic heterocycles. The highest BCUT2D eigenvalue weighted by atomic mass is 16.6. The molecule has 1 atom stereocenters. The molecule has 1 unspecified atom stereocenters. The summed E-state index contributed by atoms with van der Waals surface area (Å²) in [4.78, 5) is 25.3. The van der Waals surface area contributed by atoms with Gasteiger partial charge >= 0.3 is 11.9 Å². The number of rotatable bonds is 44. The van der Waals surface area contributed by atoms with Gasteiger partial charge in [0.2, 0.25) is 0 Å². The molecular formula is C55H92O5. The second kappa shape index (κ2) is 50.2. The summed E-state index contributed by atoms with van der Waals surface area (Å²) in [6, 6.07) is 0. The van der Waals surface area contributed by atoms with Crippen molar-refractivity contribution in [3.05, 3.63) is 97.2 Å². The van der Waals surface area contributed by atoms with Crippen LogP contribution in [0.2, 0.25) is 0 Å². The van der Waals surface area contributed by atoms with Crippen molar-refractivity contribution in [1.29, 1.82) is 0 Å². The molecule has 60 heavy (non-hydrogen) atoms. The molecule has 0 aliphatic carbocycles. The topological polar surface area (TPSA) is 61.8 Å². The number of unbranched alkanes of at least 4 members (excludes halogenated alkanes) is 18. The third-order valence-electron chi connectivity index (χ3n) is 10.1. The Morgan fingerprint density at radius 2 is 0.800 bits per heavy atom. The number of hydrogen-bond acceptors (Lipinski definition) is 5. The molecule has 0 saturated heterocycles. The lowest BCUT2D eigenvalue weighted by molar-refractivity contribution is -0.162. The Labute approximate surface area is 371 Å². The Balaban J connectivity index is 4.44. The molecule has 0 aliphatic rings. The smallest absolute Gasteiger partial charge is 0.309 e. The minimum absolute atomic E-state index is 0.0185. The largest absolute Gasteiger partial charge is 0.461 e. The molecule has 0 radical (unpaired) electrons. The molecule has 5 heteroatoms. The Bertz CT molecular complexity index is 1170. The van der Waals surface area contributed by atoms with Gasteiger partial charge in [-0.3, -0.25) is 9.59 Å². The van der Waals surface area contributed by atoms with Crippen molar-refractivity contribution >= 4 is 11.9 Å². The van der Waals surface area contributed by atoms with E-state index in [2.05, 4.69) is 106 Å². The van der Waals surface area contributed by atoms with Gasteiger partial charge in [0.15, 0.2) is 6.10 Å². The van der Waals surface area contributed by atoms with Crippen LogP contribution < -0.4 is 0 Å². The van der Waals surface area contributed by atoms with Crippen molar-refractivity contribution in [2.75, 3.05) is 19.8 Å². The average molecular weight is 833 g/mol. The first-order valence-corrected chi connectivity index (χ1v) is 24.8. The van der Waals surface area contributed by atoms with E-state index in [-0.39, 0.29) is 31.6 Å². The van der Waals surface area contributed by atoms with Gasteiger partial charge in [0, 0.05) is 13.0 Å². The van der Waals surface area contributed by atoms with E-state index in [1.165, 1.54) is 103 Å². The van der Waals surface area contributed by atoms with Crippen molar-refractivity contribution < 1.29 is 23.8 Å². The molecule has 0 fully saturated rings. The van der Waals surface area contributed by atoms with Crippen molar-refractivity contribution in [3.63, 3.8) is 0 Å². The number of allylic oxidation sites excluding steroid dienone is 15. The maximum atomic E-state index is 12.8. The SMILES string of the molecule is CC/C=C\C/C=C\C/C=C\C/C=C\C/C=C\CC(=O)OCC(COCCCCCCCC/C=C\CCCCCC)OC(=O)CCCCCCC/C=C\C/C=C\CCCCC. The number of carbonyl (C=O) groups excluding carboxylic acids is 2. The maximum Gasteiger partial charge on any atom is 0.309 e. The van der Waals surface area contributed by atoms with Crippen molar-refractivity contribution in [2.24, 2.45) is 0 Å². The Morgan fingerprint density at radius 1 is 0.400 bits per heavy atom. The van der Waals surface area contributed by atoms with Crippen molar-refractivity contribution in [2.45, 2.75) is 219 Å². The maximum absolute atomic E-state index is 12.8. The fourth-order valence-corrected chi connectivity index (χ4v) is 6.43. The Kier molecular flexibility index (Phi) is 47.5. The molecule has 0 aromatic rings. The first-order valence-electron chi connectivity index (χ1n) is 24.8. The van der Waals surface area contributed by atoms with E-state index in [1.54, 1.807) is 0 Å². The molecule has 0 rings (SSSR count). The van der Waals surface area contributed by atoms with Gasteiger partial charge in [-0.25, -0.2) is 0 Å². The van der Waals surface area contributed by atoms with Crippen LogP contribution in [0.4, 0.5) is 0 Å². The van der Waals surface area contributed by atoms with Crippen LogP contribution in [0.3, 0.4) is 0 Å². The van der Waals surface area contributed by atoms with Gasteiger partial charge in [0.1, 0.15) is 6.61 Å². The number of esters is 2. The summed E-state index contributed by atoms with van der Waals surface area (Å²) in [5, 5.41) is 0. The van der Waals surface area contributed by atoms with Gasteiger partial charge in [-0.15, -0.1) is 0 Å². The molecular weight excluding hydrogens is 741 g/mol. The standard InChI is InChI=1S/C55H92O5/c1-4-7-10-13-16-19-22-25-28-30-33-36-39-42-45-48-54(56)59-52-53(51-58-50-47-44-41-38-35-32-27-24-21-18-15-12-9-6-3)60-55(57)49-46-43-40-37-34-31-29-26-23-20-17-14-11-8-5-2/h7,10,16-17,19-21,24-26,28-29,33,36,42,45,53H,4-6,8-9,11-15,18,22-23,27,30-32,34-35,37-41,43-44,46-52H2,1-3H3/b10-7-,19-16-,20-17-,24-21-,28-25-,29-26-,36-33-,45-42-. The molecule has 0 N–H and O–H groups in total. The van der Waals surface area contributed by atoms with Gasteiger partial charge in [-0.05, 0) is 103 Å². The summed E-state index contributed by atoms with van der Waals surface area (Å²) < 4.78 is 17.3. The van der Waals surface area contributed by atoms with E-state index in [4.69, 9.17) is 14.2 Å². The number of carbonyl (C=O) groups is 2. The van der Waals surface area contributed by atoms with Gasteiger partial charge in [0.25, 0.3) is 0 Å². The first kappa shape index (κ1) is 56.8. The minimum atomic E-state index is -0.590. The van der Waals surface area contributed by atoms with Crippen LogP contribution in [0.1, 0.15) is 213 Å². The Hall–Kier alpha value is -3.18. The van der Waals surface area contributed by atoms with E-state index >= 15 is 0 Å². The summed E-state index contributed by atoms with van der Waals surface area (Å²) in [7, 11) is 0. The molecule has 5 nitrogen and oxygen atoms in total. The molecule has 0 amide bonds. The predicted molar refractivity (Wildman–Crippen MR) is 260 cm³/mol. The van der Waals surface area contributed by atoms with Crippen LogP contribution in [0, 0.1) is 0 Å². The summed E-state index contributed by atoms with van der Waals surface area (Å²) in [5.41, 5.74) is 0. The third-order valence-corrected chi connectivity index (χ3v) is 10.1. The van der Waals surface area contributed by atoms with Gasteiger partial charge in [-0.2, -0.15) is 0 Å². The normalized spacial score (nSPS) is 13.1. The van der Waals surface area contributed by atoms with Crippen LogP contribution in [0.15, 0.2) is 97.2 Å². The quantitative estimate of drug-likeness (QED) is 0.0348. The minimum Gasteiger partial charge on any atom is -0.461 e. The second-order valence-corrected chi connectivity index (χ2v) is 16.0. The van der Waals surface area contributed by atoms with E-state index < -0.39 is 6.10 Å². The van der Waals surface area contributed by atoms with Crippen molar-refractivity contribution in [1.82, 2.24) is 0 Å². The van der Waals surface area contributed by atoms with Gasteiger partial charge in [-0.1, -0.05) is 195 Å². The molecule has 0 aliphatic heterocycles. The lowest BCUT2D eigenvalue weighted by Crippen LogP contribution is -2.30. The molecule has 0 heterocycles. The molecule has 342 valence electrons. The van der Waals surface area contributed by atoms with E-state index in [0.29, 0.717) is 13.0 Å². The zero-order valence-electron chi connectivity index (χ0n) is 39.2. The molecule has 0 bridgehead atoms. The first-order chi connectivity index (χ1) is 29.6. The molecule has 0 spiro atoms. The fraction of sp³-hybridized carbons (Fsp3) is 0.673. The predicted octanol–water partition coefficient (Wildman–Crippen LogP) is 16.7. The summed E-state index contributed by atoms with van der Waals surface area (Å²) in [6.07, 6.45) is 67.2. The van der Waals surface area contributed by atoms with Crippen molar-refractivity contribution in [3.8, 4) is 0 Å². The zero-order valence-corrected chi connectivity index (χ0v) is 39.2. The van der Waals surface area contributed by atoms with E-state index in [0.717, 1.165) is 77.0 Å². The summed E-state index contributed by atoms with van der Waals surface area (Å²) >= 11 is 0. The van der Waals surface area contributed by atoms with Crippen LogP contribution in [0.5, 0.6) is 0 Å². The summed E-state index contributed by atoms with van der Waals surface area (Å²) in [5.74, 6) is -0.567. The molecule has 0 aromatic carbocycles. The van der Waals surface area contributed by atoms with E-state index in [9.17, 15) is 9.59 Å². The second-order valence-electron chi connectivity index (χ2n) is 16.0. The monoisotopic (exact) mass is 833 g/mol. The number of ether oxygens (including phenoxy) is 3. The van der Waals surface area contributed by atoms with Crippen LogP contribution in [0.25, 0.3) is 0 Å². The highest BCUT2D eigenvalue weighted by Gasteiger charge is 2.17. The van der Waals surface area contributed by atoms with Gasteiger partial charge in [0.05, 0.1) is 13.0 Å². The van der Waals surface area contributed by atoms with Crippen LogP contribution in [-0.2, 0) is 23.8 Å². The Morgan fingerprint density at radius 3 is 1.33 bits per heavy atom. The highest BCUT2D eigenvalue weighted by Crippen LogP contribution is 2.12. The zero-order chi connectivity index (χ0) is 43.5. The average Bonchev–Trinajstić information content (AvgIpc) is 3.25. The van der Waals surface area contributed by atoms with E-state index in [1.807, 2.05) is 12.2 Å². The summed E-state index contributed by atoms with van der Waals surface area (Å²) in [6.45, 7) is 7.53. The molecule has 0 saturated carbocycles. The lowest BCUT2D eigenvalue weighted by Gasteiger charge is -2.18. The highest BCUT2D eigenvalue weighted by molar-refractivity contribution is 5.71. The lowest BCUT2D eigenvalue weighted by atomic mass is 10.1. The van der Waals surface area contributed by atoms with Crippen LogP contribution >= 0.6 is 0 Å². The number of hydrogen-bond donors (Lipinski definition) is 0. The third kappa shape index (κ3) is 47.5. The van der Waals surface area contributed by atoms with Gasteiger partial charge < -0.3 is 14.2 Å². The fourth-order valence-electron chi connectivity index (χ4n) is 6.43. The van der Waals surface area contributed by atoms with Crippen LogP contribution in [-0.4, -0.2) is 37.9 Å².